The van der Waals surface area contributed by atoms with Crippen LogP contribution in [0.3, 0.4) is 0 Å². The molecule has 1 aliphatic rings. The van der Waals surface area contributed by atoms with E-state index < -0.39 is 0 Å². The Hall–Kier alpha value is 0.270. The fourth-order valence-electron chi connectivity index (χ4n) is 2.16. The van der Waals surface area contributed by atoms with E-state index in [-0.39, 0.29) is 0 Å². The molecule has 15 heavy (non-hydrogen) atoms. The van der Waals surface area contributed by atoms with Gasteiger partial charge in [-0.05, 0) is 63.9 Å². The molecule has 1 heterocycles. The van der Waals surface area contributed by atoms with E-state index in [2.05, 4.69) is 30.4 Å². The first-order chi connectivity index (χ1) is 7.22. The molecule has 1 fully saturated rings. The van der Waals surface area contributed by atoms with Crippen LogP contribution in [0.5, 0.6) is 0 Å². The Morgan fingerprint density at radius 3 is 2.93 bits per heavy atom. The van der Waals surface area contributed by atoms with Crippen LogP contribution in [0.4, 0.5) is 0 Å². The maximum absolute atomic E-state index is 3.73. The van der Waals surface area contributed by atoms with E-state index in [1.54, 1.807) is 0 Å². The van der Waals surface area contributed by atoms with Gasteiger partial charge in [-0.2, -0.15) is 11.8 Å². The third kappa shape index (κ3) is 5.79. The van der Waals surface area contributed by atoms with E-state index in [0.717, 1.165) is 12.0 Å². The van der Waals surface area contributed by atoms with Gasteiger partial charge in [0.2, 0.25) is 0 Å². The Morgan fingerprint density at radius 1 is 1.40 bits per heavy atom. The smallest absolute Gasteiger partial charge is 0.00798 e. The molecule has 1 saturated heterocycles. The van der Waals surface area contributed by atoms with Crippen LogP contribution in [0.1, 0.15) is 26.2 Å². The maximum Gasteiger partial charge on any atom is 0.00798 e. The zero-order valence-electron chi connectivity index (χ0n) is 10.5. The maximum atomic E-state index is 3.73. The molecule has 2 nitrogen and oxygen atoms in total. The normalized spacial score (nSPS) is 26.2. The van der Waals surface area contributed by atoms with Crippen LogP contribution in [0, 0.1) is 5.92 Å². The van der Waals surface area contributed by atoms with Crippen LogP contribution >= 0.6 is 11.8 Å². The lowest BCUT2D eigenvalue weighted by Gasteiger charge is -2.19. The summed E-state index contributed by atoms with van der Waals surface area (Å²) in [5.41, 5.74) is 0. The lowest BCUT2D eigenvalue weighted by molar-refractivity contribution is 0.342. The lowest BCUT2D eigenvalue weighted by Crippen LogP contribution is -2.34. The monoisotopic (exact) mass is 230 g/mol. The molecule has 2 atom stereocenters. The molecule has 0 spiro atoms. The van der Waals surface area contributed by atoms with Crippen LogP contribution in [-0.4, -0.2) is 49.6 Å². The zero-order chi connectivity index (χ0) is 11.1. The molecule has 90 valence electrons. The molecule has 1 N–H and O–H groups in total. The second kappa shape index (κ2) is 7.53. The number of nitrogens with zero attached hydrogens (tertiary/aromatic N) is 1. The molecule has 2 unspecified atom stereocenters. The van der Waals surface area contributed by atoms with Gasteiger partial charge in [0.25, 0.3) is 0 Å². The first-order valence-corrected chi connectivity index (χ1v) is 7.52. The van der Waals surface area contributed by atoms with Crippen molar-refractivity contribution in [1.82, 2.24) is 10.2 Å². The van der Waals surface area contributed by atoms with Crippen molar-refractivity contribution >= 4 is 11.8 Å². The summed E-state index contributed by atoms with van der Waals surface area (Å²) in [6, 6.07) is 0.763. The Bertz CT molecular complexity index is 164. The van der Waals surface area contributed by atoms with Crippen LogP contribution in [0.2, 0.25) is 0 Å². The molecule has 0 aromatic carbocycles. The van der Waals surface area contributed by atoms with Crippen LogP contribution in [0.15, 0.2) is 0 Å². The first kappa shape index (κ1) is 13.3. The fourth-order valence-corrected chi connectivity index (χ4v) is 2.84. The molecular formula is C12H26N2S. The van der Waals surface area contributed by atoms with E-state index in [1.165, 1.54) is 44.6 Å². The highest BCUT2D eigenvalue weighted by molar-refractivity contribution is 7.98. The standard InChI is InChI=1S/C12H26N2S/c1-11(10-15-3)9-13-12-5-4-7-14(2)8-6-12/h11-13H,4-10H2,1-3H3. The summed E-state index contributed by atoms with van der Waals surface area (Å²) in [5.74, 6) is 2.08. The van der Waals surface area contributed by atoms with Crippen molar-refractivity contribution in [2.24, 2.45) is 5.92 Å². The Morgan fingerprint density at radius 2 is 2.20 bits per heavy atom. The Balaban J connectivity index is 2.14. The van der Waals surface area contributed by atoms with Gasteiger partial charge in [0.1, 0.15) is 0 Å². The van der Waals surface area contributed by atoms with Gasteiger partial charge in [-0.3, -0.25) is 0 Å². The lowest BCUT2D eigenvalue weighted by atomic mass is 10.1. The highest BCUT2D eigenvalue weighted by atomic mass is 32.2. The Labute approximate surface area is 99.2 Å². The highest BCUT2D eigenvalue weighted by Crippen LogP contribution is 2.10. The predicted molar refractivity (Wildman–Crippen MR) is 70.7 cm³/mol. The average molecular weight is 230 g/mol. The molecule has 0 bridgehead atoms. The number of hydrogen-bond donors (Lipinski definition) is 1. The second-order valence-corrected chi connectivity index (χ2v) is 5.81. The summed E-state index contributed by atoms with van der Waals surface area (Å²) in [6.45, 7) is 6.06. The minimum Gasteiger partial charge on any atom is -0.314 e. The molecule has 0 aromatic rings. The highest BCUT2D eigenvalue weighted by Gasteiger charge is 2.14. The molecule has 0 aromatic heterocycles. The number of thioether (sulfide) groups is 1. The number of nitrogens with one attached hydrogen (secondary N) is 1. The minimum absolute atomic E-state index is 0.763. The number of rotatable bonds is 5. The van der Waals surface area contributed by atoms with Crippen LogP contribution in [0.25, 0.3) is 0 Å². The fraction of sp³-hybridized carbons (Fsp3) is 1.00. The van der Waals surface area contributed by atoms with Crippen molar-refractivity contribution in [2.75, 3.05) is 38.7 Å². The third-order valence-corrected chi connectivity index (χ3v) is 4.06. The van der Waals surface area contributed by atoms with Crippen molar-refractivity contribution in [3.05, 3.63) is 0 Å². The molecule has 0 amide bonds. The van der Waals surface area contributed by atoms with Crippen molar-refractivity contribution in [3.63, 3.8) is 0 Å². The van der Waals surface area contributed by atoms with Crippen molar-refractivity contribution < 1.29 is 0 Å². The summed E-state index contributed by atoms with van der Waals surface area (Å²) >= 11 is 1.95. The van der Waals surface area contributed by atoms with E-state index in [1.807, 2.05) is 11.8 Å². The number of likely N-dealkylation sites (tertiary alicyclic amines) is 1. The summed E-state index contributed by atoms with van der Waals surface area (Å²) in [7, 11) is 2.23. The van der Waals surface area contributed by atoms with Gasteiger partial charge in [-0.25, -0.2) is 0 Å². The molecular weight excluding hydrogens is 204 g/mol. The number of hydrogen-bond acceptors (Lipinski definition) is 3. The topological polar surface area (TPSA) is 15.3 Å². The quantitative estimate of drug-likeness (QED) is 0.778. The molecule has 0 aliphatic carbocycles. The van der Waals surface area contributed by atoms with Gasteiger partial charge in [-0.15, -0.1) is 0 Å². The van der Waals surface area contributed by atoms with Crippen molar-refractivity contribution in [2.45, 2.75) is 32.2 Å². The Kier molecular flexibility index (Phi) is 6.69. The van der Waals surface area contributed by atoms with Crippen LogP contribution < -0.4 is 5.32 Å². The molecule has 0 saturated carbocycles. The van der Waals surface area contributed by atoms with E-state index in [0.29, 0.717) is 0 Å². The molecule has 1 rings (SSSR count). The summed E-state index contributed by atoms with van der Waals surface area (Å²) in [5, 5.41) is 3.73. The minimum atomic E-state index is 0.763. The predicted octanol–water partition coefficient (Wildman–Crippen LogP) is 2.06. The second-order valence-electron chi connectivity index (χ2n) is 4.90. The van der Waals surface area contributed by atoms with Crippen LogP contribution in [-0.2, 0) is 0 Å². The molecule has 3 heteroatoms. The molecule has 0 radical (unpaired) electrons. The van der Waals surface area contributed by atoms with E-state index >= 15 is 0 Å². The van der Waals surface area contributed by atoms with E-state index in [4.69, 9.17) is 0 Å². The average Bonchev–Trinajstić information content (AvgIpc) is 2.41. The van der Waals surface area contributed by atoms with Gasteiger partial charge in [0.15, 0.2) is 0 Å². The van der Waals surface area contributed by atoms with Crippen molar-refractivity contribution in [1.29, 1.82) is 0 Å². The molecule has 1 aliphatic heterocycles. The SMILES string of the molecule is CSCC(C)CNC1CCCN(C)CC1. The zero-order valence-corrected chi connectivity index (χ0v) is 11.3. The van der Waals surface area contributed by atoms with Gasteiger partial charge < -0.3 is 10.2 Å². The summed E-state index contributed by atoms with van der Waals surface area (Å²) < 4.78 is 0. The van der Waals surface area contributed by atoms with Gasteiger partial charge in [0, 0.05) is 6.04 Å². The summed E-state index contributed by atoms with van der Waals surface area (Å²) in [4.78, 5) is 2.45. The van der Waals surface area contributed by atoms with Gasteiger partial charge >= 0.3 is 0 Å². The van der Waals surface area contributed by atoms with Gasteiger partial charge in [-0.1, -0.05) is 6.92 Å². The van der Waals surface area contributed by atoms with Gasteiger partial charge in [0.05, 0.1) is 0 Å². The third-order valence-electron chi connectivity index (χ3n) is 3.16. The van der Waals surface area contributed by atoms with Crippen molar-refractivity contribution in [3.8, 4) is 0 Å². The van der Waals surface area contributed by atoms with E-state index in [9.17, 15) is 0 Å². The summed E-state index contributed by atoms with van der Waals surface area (Å²) in [6.07, 6.45) is 6.22. The largest absolute Gasteiger partial charge is 0.314 e. The first-order valence-electron chi connectivity index (χ1n) is 6.13.